The fourth-order valence-corrected chi connectivity index (χ4v) is 4.47. The molecule has 14 heteroatoms. The number of hydrogen-bond acceptors (Lipinski definition) is 10. The summed E-state index contributed by atoms with van der Waals surface area (Å²) < 4.78 is 32.8. The second kappa shape index (κ2) is 13.7. The van der Waals surface area contributed by atoms with E-state index in [9.17, 15) is 28.6 Å². The lowest BCUT2D eigenvalue weighted by Crippen LogP contribution is -2.38. The summed E-state index contributed by atoms with van der Waals surface area (Å²) >= 11 is 3.32. The van der Waals surface area contributed by atoms with Crippen LogP contribution in [0.2, 0.25) is 0 Å². The van der Waals surface area contributed by atoms with Crippen LogP contribution < -0.4 is 4.90 Å². The van der Waals surface area contributed by atoms with E-state index in [0.29, 0.717) is 43.7 Å². The van der Waals surface area contributed by atoms with Crippen LogP contribution in [-0.4, -0.2) is 107 Å². The van der Waals surface area contributed by atoms with E-state index in [1.165, 1.54) is 11.0 Å². The molecule has 35 heavy (non-hydrogen) atoms. The summed E-state index contributed by atoms with van der Waals surface area (Å²) in [4.78, 5) is 29.6. The summed E-state index contributed by atoms with van der Waals surface area (Å²) in [5.74, 6) is -0.532. The van der Waals surface area contributed by atoms with E-state index in [1.54, 1.807) is 11.9 Å². The minimum atomic E-state index is -3.66. The van der Waals surface area contributed by atoms with Crippen LogP contribution in [0.3, 0.4) is 0 Å². The van der Waals surface area contributed by atoms with Crippen molar-refractivity contribution in [1.29, 1.82) is 5.26 Å². The normalized spacial score (nSPS) is 14.3. The van der Waals surface area contributed by atoms with Crippen LogP contribution in [0.25, 0.3) is 0 Å². The first-order valence-corrected chi connectivity index (χ1v) is 13.9. The van der Waals surface area contributed by atoms with Gasteiger partial charge in [0, 0.05) is 57.7 Å². The van der Waals surface area contributed by atoms with Gasteiger partial charge in [0.05, 0.1) is 42.3 Å². The molecule has 1 fully saturated rings. The lowest BCUT2D eigenvalue weighted by molar-refractivity contribution is -0.385. The lowest BCUT2D eigenvalue weighted by Gasteiger charge is -2.27. The first kappa shape index (κ1) is 28.9. The highest BCUT2D eigenvalue weighted by Gasteiger charge is 2.27. The van der Waals surface area contributed by atoms with E-state index >= 15 is 0 Å². The van der Waals surface area contributed by atoms with Crippen LogP contribution in [0.5, 0.6) is 0 Å². The van der Waals surface area contributed by atoms with E-state index in [0.717, 1.165) is 32.0 Å². The number of amides is 1. The van der Waals surface area contributed by atoms with Gasteiger partial charge in [0.15, 0.2) is 0 Å². The van der Waals surface area contributed by atoms with Crippen molar-refractivity contribution in [2.24, 2.45) is 0 Å². The molecule has 1 amide bonds. The van der Waals surface area contributed by atoms with Crippen molar-refractivity contribution in [2.75, 3.05) is 82.6 Å². The third kappa shape index (κ3) is 9.01. The zero-order valence-corrected chi connectivity index (χ0v) is 22.2. The number of nitro groups is 1. The largest absolute Gasteiger partial charge is 0.379 e. The smallest absolute Gasteiger partial charge is 0.283 e. The summed E-state index contributed by atoms with van der Waals surface area (Å²) in [6.45, 7) is 4.44. The number of ether oxygens (including phenoxy) is 1. The minimum absolute atomic E-state index is 0.00326. The Morgan fingerprint density at radius 1 is 1.31 bits per heavy atom. The van der Waals surface area contributed by atoms with Gasteiger partial charge in [-0.1, -0.05) is 15.9 Å². The van der Waals surface area contributed by atoms with Crippen molar-refractivity contribution in [3.63, 3.8) is 0 Å². The molecule has 2 rings (SSSR count). The van der Waals surface area contributed by atoms with Gasteiger partial charge in [0.1, 0.15) is 11.6 Å². The zero-order valence-electron chi connectivity index (χ0n) is 19.8. The van der Waals surface area contributed by atoms with Gasteiger partial charge in [-0.05, 0) is 12.5 Å². The summed E-state index contributed by atoms with van der Waals surface area (Å²) in [6.07, 6.45) is 1.62. The first-order valence-electron chi connectivity index (χ1n) is 11.0. The standard InChI is InChI=1S/C21H30BrN5O7S/c1-24(5-3-6-25-8-11-33-12-9-25)21(28)18-15-19(17(16-23)14-20(18)27(29)30)26(7-4-22)10-13-34-35(2,31)32/h14-15H,3-13H2,1-2H3. The van der Waals surface area contributed by atoms with Crippen LogP contribution in [0.4, 0.5) is 11.4 Å². The second-order valence-electron chi connectivity index (χ2n) is 7.99. The molecular weight excluding hydrogens is 546 g/mol. The molecule has 0 aromatic heterocycles. The van der Waals surface area contributed by atoms with Crippen LogP contribution in [0, 0.1) is 21.4 Å². The summed E-state index contributed by atoms with van der Waals surface area (Å²) in [6, 6.07) is 4.36. The van der Waals surface area contributed by atoms with E-state index in [-0.39, 0.29) is 24.3 Å². The molecule has 0 unspecified atom stereocenters. The fourth-order valence-electron chi connectivity index (χ4n) is 3.67. The molecule has 1 aliphatic rings. The van der Waals surface area contributed by atoms with Crippen molar-refractivity contribution in [3.8, 4) is 6.07 Å². The first-order chi connectivity index (χ1) is 16.6. The molecule has 0 saturated carbocycles. The van der Waals surface area contributed by atoms with E-state index in [1.807, 2.05) is 6.07 Å². The average molecular weight is 576 g/mol. The molecule has 194 valence electrons. The van der Waals surface area contributed by atoms with E-state index in [4.69, 9.17) is 8.92 Å². The molecule has 1 saturated heterocycles. The number of nitrogens with zero attached hydrogens (tertiary/aromatic N) is 5. The Morgan fingerprint density at radius 2 is 2.00 bits per heavy atom. The van der Waals surface area contributed by atoms with Gasteiger partial charge in [0.2, 0.25) is 0 Å². The molecule has 0 N–H and O–H groups in total. The van der Waals surface area contributed by atoms with Crippen molar-refractivity contribution in [3.05, 3.63) is 33.4 Å². The molecule has 1 heterocycles. The van der Waals surface area contributed by atoms with Crippen LogP contribution >= 0.6 is 15.9 Å². The van der Waals surface area contributed by atoms with Gasteiger partial charge >= 0.3 is 0 Å². The monoisotopic (exact) mass is 575 g/mol. The summed E-state index contributed by atoms with van der Waals surface area (Å²) in [7, 11) is -2.08. The highest BCUT2D eigenvalue weighted by atomic mass is 79.9. The van der Waals surface area contributed by atoms with Crippen LogP contribution in [0.15, 0.2) is 12.1 Å². The Balaban J connectivity index is 2.27. The maximum absolute atomic E-state index is 13.2. The molecule has 0 bridgehead atoms. The SMILES string of the molecule is CN(CCCN1CCOCC1)C(=O)c1cc(N(CCBr)CCOS(C)(=O)=O)c(C#N)cc1[N+](=O)[O-]. The quantitative estimate of drug-likeness (QED) is 0.146. The van der Waals surface area contributed by atoms with Gasteiger partial charge in [0.25, 0.3) is 21.7 Å². The Labute approximate surface area is 213 Å². The number of carbonyl (C=O) groups is 1. The molecule has 1 aromatic carbocycles. The highest BCUT2D eigenvalue weighted by molar-refractivity contribution is 9.09. The fraction of sp³-hybridized carbons (Fsp3) is 0.619. The number of nitro benzene ring substituents is 1. The molecule has 1 aliphatic heterocycles. The van der Waals surface area contributed by atoms with Crippen LogP contribution in [0.1, 0.15) is 22.3 Å². The summed E-state index contributed by atoms with van der Waals surface area (Å²) in [5, 5.41) is 21.8. The highest BCUT2D eigenvalue weighted by Crippen LogP contribution is 2.30. The predicted octanol–water partition coefficient (Wildman–Crippen LogP) is 1.44. The topological polar surface area (TPSA) is 146 Å². The van der Waals surface area contributed by atoms with Crippen molar-refractivity contribution in [2.45, 2.75) is 6.42 Å². The maximum atomic E-state index is 13.2. The van der Waals surface area contributed by atoms with Gasteiger partial charge in [-0.25, -0.2) is 0 Å². The number of halogens is 1. The zero-order chi connectivity index (χ0) is 26.0. The third-order valence-corrected chi connectivity index (χ3v) is 6.38. The molecule has 0 atom stereocenters. The second-order valence-corrected chi connectivity index (χ2v) is 10.4. The minimum Gasteiger partial charge on any atom is -0.379 e. The molecule has 12 nitrogen and oxygen atoms in total. The Kier molecular flexibility index (Phi) is 11.3. The molecule has 0 spiro atoms. The Hall–Kier alpha value is -2.31. The number of carbonyl (C=O) groups excluding carboxylic acids is 1. The third-order valence-electron chi connectivity index (χ3n) is 5.43. The maximum Gasteiger partial charge on any atom is 0.283 e. The Morgan fingerprint density at radius 3 is 2.57 bits per heavy atom. The number of benzene rings is 1. The number of rotatable bonds is 13. The molecule has 0 aliphatic carbocycles. The van der Waals surface area contributed by atoms with Gasteiger partial charge in [-0.15, -0.1) is 0 Å². The van der Waals surface area contributed by atoms with Crippen LogP contribution in [-0.2, 0) is 19.0 Å². The van der Waals surface area contributed by atoms with Crippen molar-refractivity contribution in [1.82, 2.24) is 9.80 Å². The van der Waals surface area contributed by atoms with E-state index < -0.39 is 26.6 Å². The van der Waals surface area contributed by atoms with Gasteiger partial charge in [-0.2, -0.15) is 13.7 Å². The number of alkyl halides is 1. The van der Waals surface area contributed by atoms with Gasteiger partial charge < -0.3 is 14.5 Å². The number of morpholine rings is 1. The van der Waals surface area contributed by atoms with Crippen molar-refractivity contribution >= 4 is 43.3 Å². The predicted molar refractivity (Wildman–Crippen MR) is 133 cm³/mol. The molecule has 1 aromatic rings. The number of nitriles is 1. The molecular formula is C21H30BrN5O7S. The Bertz CT molecular complexity index is 1040. The summed E-state index contributed by atoms with van der Waals surface area (Å²) in [5.41, 5.74) is -0.300. The number of hydrogen-bond donors (Lipinski definition) is 0. The number of anilines is 1. The molecule has 0 radical (unpaired) electrons. The average Bonchev–Trinajstić information content (AvgIpc) is 2.82. The van der Waals surface area contributed by atoms with Gasteiger partial charge in [-0.3, -0.25) is 24.0 Å². The van der Waals surface area contributed by atoms with Crippen molar-refractivity contribution < 1.29 is 27.1 Å². The lowest BCUT2D eigenvalue weighted by atomic mass is 10.0. The van der Waals surface area contributed by atoms with E-state index in [2.05, 4.69) is 20.8 Å².